The van der Waals surface area contributed by atoms with Crippen LogP contribution in [-0.4, -0.2) is 41.7 Å². The van der Waals surface area contributed by atoms with Gasteiger partial charge in [-0.1, -0.05) is 6.07 Å². The Bertz CT molecular complexity index is 369. The van der Waals surface area contributed by atoms with E-state index < -0.39 is 0 Å². The number of hydrogen-bond donors (Lipinski definition) is 1. The smallest absolute Gasteiger partial charge is 0.0824 e. The zero-order valence-electron chi connectivity index (χ0n) is 10.6. The Kier molecular flexibility index (Phi) is 4.10. The Morgan fingerprint density at radius 3 is 3.06 bits per heavy atom. The molecule has 0 aliphatic carbocycles. The number of aromatic nitrogens is 1. The molecular weight excluding hydrogens is 214 g/mol. The molecule has 4 nitrogen and oxygen atoms in total. The Morgan fingerprint density at radius 1 is 1.53 bits per heavy atom. The van der Waals surface area contributed by atoms with Gasteiger partial charge in [-0.3, -0.25) is 9.88 Å². The van der Waals surface area contributed by atoms with E-state index in [4.69, 9.17) is 10.5 Å². The second-order valence-electron chi connectivity index (χ2n) is 4.74. The lowest BCUT2D eigenvalue weighted by Crippen LogP contribution is -2.50. The molecule has 0 bridgehead atoms. The highest BCUT2D eigenvalue weighted by molar-refractivity contribution is 5.10. The zero-order chi connectivity index (χ0) is 12.3. The fourth-order valence-electron chi connectivity index (χ4n) is 2.13. The Hall–Kier alpha value is -0.970. The molecule has 0 amide bonds. The van der Waals surface area contributed by atoms with Crippen molar-refractivity contribution in [3.8, 4) is 0 Å². The van der Waals surface area contributed by atoms with Crippen LogP contribution in [0.15, 0.2) is 18.2 Å². The van der Waals surface area contributed by atoms with Crippen LogP contribution in [0.3, 0.4) is 0 Å². The van der Waals surface area contributed by atoms with E-state index in [-0.39, 0.29) is 6.10 Å². The molecule has 2 unspecified atom stereocenters. The molecule has 0 saturated carbocycles. The summed E-state index contributed by atoms with van der Waals surface area (Å²) in [7, 11) is 0. The molecule has 17 heavy (non-hydrogen) atoms. The standard InChI is InChI=1S/C13H21N3O/c1-10-4-3-5-12(15-10)7-16-8-13(6-14)17-9-11(16)2/h3-5,11,13H,6-9,14H2,1-2H3. The summed E-state index contributed by atoms with van der Waals surface area (Å²) in [5.74, 6) is 0. The number of rotatable bonds is 3. The highest BCUT2D eigenvalue weighted by Gasteiger charge is 2.25. The summed E-state index contributed by atoms with van der Waals surface area (Å²) >= 11 is 0. The van der Waals surface area contributed by atoms with Crippen LogP contribution in [-0.2, 0) is 11.3 Å². The first-order chi connectivity index (χ1) is 8.19. The van der Waals surface area contributed by atoms with Gasteiger partial charge in [0, 0.05) is 31.4 Å². The third-order valence-electron chi connectivity index (χ3n) is 3.21. The van der Waals surface area contributed by atoms with Crippen LogP contribution in [0.4, 0.5) is 0 Å². The van der Waals surface area contributed by atoms with Gasteiger partial charge >= 0.3 is 0 Å². The van der Waals surface area contributed by atoms with Crippen molar-refractivity contribution in [1.82, 2.24) is 9.88 Å². The van der Waals surface area contributed by atoms with Crippen LogP contribution in [0.2, 0.25) is 0 Å². The Balaban J connectivity index is 2.01. The fraction of sp³-hybridized carbons (Fsp3) is 0.615. The van der Waals surface area contributed by atoms with Crippen molar-refractivity contribution in [2.24, 2.45) is 5.73 Å². The van der Waals surface area contributed by atoms with E-state index in [1.165, 1.54) is 0 Å². The van der Waals surface area contributed by atoms with Gasteiger partial charge in [0.2, 0.25) is 0 Å². The highest BCUT2D eigenvalue weighted by Crippen LogP contribution is 2.14. The van der Waals surface area contributed by atoms with Gasteiger partial charge in [0.05, 0.1) is 18.4 Å². The van der Waals surface area contributed by atoms with Crippen LogP contribution in [0.5, 0.6) is 0 Å². The summed E-state index contributed by atoms with van der Waals surface area (Å²) in [5.41, 5.74) is 7.85. The molecule has 94 valence electrons. The van der Waals surface area contributed by atoms with Crippen LogP contribution in [0.25, 0.3) is 0 Å². The number of nitrogens with zero attached hydrogens (tertiary/aromatic N) is 2. The van der Waals surface area contributed by atoms with E-state index in [0.29, 0.717) is 12.6 Å². The molecule has 1 aromatic rings. The molecule has 1 aliphatic rings. The van der Waals surface area contributed by atoms with Gasteiger partial charge in [-0.25, -0.2) is 0 Å². The Morgan fingerprint density at radius 2 is 2.35 bits per heavy atom. The Labute approximate surface area is 103 Å². The minimum Gasteiger partial charge on any atom is -0.374 e. The summed E-state index contributed by atoms with van der Waals surface area (Å²) in [6.07, 6.45) is 0.163. The van der Waals surface area contributed by atoms with E-state index in [9.17, 15) is 0 Å². The zero-order valence-corrected chi connectivity index (χ0v) is 10.6. The maximum atomic E-state index is 5.66. The lowest BCUT2D eigenvalue weighted by Gasteiger charge is -2.37. The summed E-state index contributed by atoms with van der Waals surface area (Å²) in [4.78, 5) is 6.93. The second kappa shape index (κ2) is 5.58. The highest BCUT2D eigenvalue weighted by atomic mass is 16.5. The van der Waals surface area contributed by atoms with Crippen LogP contribution in [0, 0.1) is 6.92 Å². The normalized spacial score (nSPS) is 26.1. The number of hydrogen-bond acceptors (Lipinski definition) is 4. The molecule has 2 heterocycles. The molecule has 1 aliphatic heterocycles. The molecule has 2 atom stereocenters. The number of nitrogens with two attached hydrogens (primary N) is 1. The first-order valence-corrected chi connectivity index (χ1v) is 6.17. The predicted molar refractivity (Wildman–Crippen MR) is 67.6 cm³/mol. The van der Waals surface area contributed by atoms with Gasteiger partial charge < -0.3 is 10.5 Å². The SMILES string of the molecule is Cc1cccc(CN2CC(CN)OCC2C)n1. The van der Waals surface area contributed by atoms with E-state index in [1.54, 1.807) is 0 Å². The number of pyridine rings is 1. The van der Waals surface area contributed by atoms with E-state index >= 15 is 0 Å². The average molecular weight is 235 g/mol. The van der Waals surface area contributed by atoms with Gasteiger partial charge in [-0.15, -0.1) is 0 Å². The summed E-state index contributed by atoms with van der Waals surface area (Å²) in [5, 5.41) is 0. The van der Waals surface area contributed by atoms with E-state index in [0.717, 1.165) is 31.1 Å². The van der Waals surface area contributed by atoms with Crippen molar-refractivity contribution in [3.05, 3.63) is 29.6 Å². The molecule has 1 aromatic heterocycles. The van der Waals surface area contributed by atoms with E-state index in [2.05, 4.69) is 28.9 Å². The molecule has 0 radical (unpaired) electrons. The van der Waals surface area contributed by atoms with Crippen molar-refractivity contribution >= 4 is 0 Å². The number of aryl methyl sites for hydroxylation is 1. The van der Waals surface area contributed by atoms with Crippen molar-refractivity contribution < 1.29 is 4.74 Å². The van der Waals surface area contributed by atoms with Crippen molar-refractivity contribution in [3.63, 3.8) is 0 Å². The third kappa shape index (κ3) is 3.25. The van der Waals surface area contributed by atoms with Crippen LogP contribution in [0.1, 0.15) is 18.3 Å². The maximum Gasteiger partial charge on any atom is 0.0824 e. The summed E-state index contributed by atoms with van der Waals surface area (Å²) in [6.45, 7) is 7.33. The third-order valence-corrected chi connectivity index (χ3v) is 3.21. The molecule has 2 N–H and O–H groups in total. The molecule has 0 aromatic carbocycles. The minimum atomic E-state index is 0.163. The summed E-state index contributed by atoms with van der Waals surface area (Å²) < 4.78 is 5.64. The predicted octanol–water partition coefficient (Wildman–Crippen LogP) is 0.938. The number of morpholine rings is 1. The number of ether oxygens (including phenoxy) is 1. The van der Waals surface area contributed by atoms with Gasteiger partial charge in [0.15, 0.2) is 0 Å². The van der Waals surface area contributed by atoms with Crippen molar-refractivity contribution in [2.75, 3.05) is 19.7 Å². The second-order valence-corrected chi connectivity index (χ2v) is 4.74. The molecule has 0 spiro atoms. The van der Waals surface area contributed by atoms with Gasteiger partial charge in [-0.05, 0) is 26.0 Å². The first-order valence-electron chi connectivity index (χ1n) is 6.17. The van der Waals surface area contributed by atoms with Crippen LogP contribution >= 0.6 is 0 Å². The quantitative estimate of drug-likeness (QED) is 0.847. The topological polar surface area (TPSA) is 51.4 Å². The molecular formula is C13H21N3O. The molecule has 1 fully saturated rings. The largest absolute Gasteiger partial charge is 0.374 e. The van der Waals surface area contributed by atoms with Crippen LogP contribution < -0.4 is 5.73 Å². The first kappa shape index (κ1) is 12.5. The molecule has 4 heteroatoms. The van der Waals surface area contributed by atoms with Gasteiger partial charge in [0.25, 0.3) is 0 Å². The fourth-order valence-corrected chi connectivity index (χ4v) is 2.13. The maximum absolute atomic E-state index is 5.66. The van der Waals surface area contributed by atoms with Crippen molar-refractivity contribution in [2.45, 2.75) is 32.5 Å². The van der Waals surface area contributed by atoms with Crippen molar-refractivity contribution in [1.29, 1.82) is 0 Å². The lowest BCUT2D eigenvalue weighted by molar-refractivity contribution is -0.0571. The molecule has 2 rings (SSSR count). The lowest BCUT2D eigenvalue weighted by atomic mass is 10.1. The van der Waals surface area contributed by atoms with Gasteiger partial charge in [-0.2, -0.15) is 0 Å². The minimum absolute atomic E-state index is 0.163. The monoisotopic (exact) mass is 235 g/mol. The van der Waals surface area contributed by atoms with Gasteiger partial charge in [0.1, 0.15) is 0 Å². The molecule has 1 saturated heterocycles. The van der Waals surface area contributed by atoms with E-state index in [1.807, 2.05) is 13.0 Å². The summed E-state index contributed by atoms with van der Waals surface area (Å²) in [6, 6.07) is 6.59. The average Bonchev–Trinajstić information content (AvgIpc) is 2.32.